The average molecular weight is 448 g/mol. The molecule has 0 aromatic heterocycles. The van der Waals surface area contributed by atoms with E-state index in [1.165, 1.54) is 0 Å². The maximum absolute atomic E-state index is 12.8. The monoisotopic (exact) mass is 447 g/mol. The summed E-state index contributed by atoms with van der Waals surface area (Å²) in [5.41, 5.74) is 3.49. The summed E-state index contributed by atoms with van der Waals surface area (Å²) in [5, 5.41) is 2.97. The average Bonchev–Trinajstić information content (AvgIpc) is 2.82. The van der Waals surface area contributed by atoms with Crippen molar-refractivity contribution in [3.63, 3.8) is 0 Å². The molecule has 1 N–H and O–H groups in total. The van der Waals surface area contributed by atoms with Crippen molar-refractivity contribution in [3.05, 3.63) is 89.0 Å². The van der Waals surface area contributed by atoms with Crippen LogP contribution in [0.2, 0.25) is 0 Å². The fraction of sp³-hybridized carbons (Fsp3) is 0.321. The Morgan fingerprint density at radius 1 is 0.909 bits per heavy atom. The molecular formula is C28H33NO4. The summed E-state index contributed by atoms with van der Waals surface area (Å²) < 4.78 is 17.2. The van der Waals surface area contributed by atoms with E-state index in [2.05, 4.69) is 32.2 Å². The van der Waals surface area contributed by atoms with Crippen molar-refractivity contribution >= 4 is 5.91 Å². The van der Waals surface area contributed by atoms with E-state index in [-0.39, 0.29) is 11.3 Å². The van der Waals surface area contributed by atoms with Crippen molar-refractivity contribution in [2.24, 2.45) is 0 Å². The first-order chi connectivity index (χ1) is 15.8. The third-order valence-corrected chi connectivity index (χ3v) is 5.31. The highest BCUT2D eigenvalue weighted by Crippen LogP contribution is 2.32. The smallest absolute Gasteiger partial charge is 0.251 e. The number of para-hydroxylation sites is 1. The van der Waals surface area contributed by atoms with Gasteiger partial charge in [-0.2, -0.15) is 0 Å². The van der Waals surface area contributed by atoms with Gasteiger partial charge in [-0.25, -0.2) is 0 Å². The number of rotatable bonds is 9. The van der Waals surface area contributed by atoms with Crippen LogP contribution >= 0.6 is 0 Å². The van der Waals surface area contributed by atoms with E-state index in [1.807, 2.05) is 61.5 Å². The van der Waals surface area contributed by atoms with Crippen molar-refractivity contribution in [2.75, 3.05) is 13.7 Å². The van der Waals surface area contributed by atoms with E-state index < -0.39 is 0 Å². The normalized spacial score (nSPS) is 11.1. The molecule has 0 unspecified atom stereocenters. The molecule has 5 nitrogen and oxygen atoms in total. The summed E-state index contributed by atoms with van der Waals surface area (Å²) in [7, 11) is 1.63. The topological polar surface area (TPSA) is 56.8 Å². The molecule has 0 aliphatic rings. The predicted octanol–water partition coefficient (Wildman–Crippen LogP) is 5.90. The molecule has 3 rings (SSSR count). The number of methoxy groups -OCH3 is 1. The third-order valence-electron chi connectivity index (χ3n) is 5.31. The quantitative estimate of drug-likeness (QED) is 0.444. The van der Waals surface area contributed by atoms with Crippen LogP contribution in [0.5, 0.6) is 17.2 Å². The first kappa shape index (κ1) is 24.2. The number of benzene rings is 3. The summed E-state index contributed by atoms with van der Waals surface area (Å²) in [6, 6.07) is 21.1. The molecule has 3 aromatic carbocycles. The third kappa shape index (κ3) is 6.51. The zero-order valence-corrected chi connectivity index (χ0v) is 20.1. The number of hydrogen-bond acceptors (Lipinski definition) is 4. The molecule has 0 spiro atoms. The minimum absolute atomic E-state index is 0.0392. The summed E-state index contributed by atoms with van der Waals surface area (Å²) in [6.07, 6.45) is 0. The number of nitrogens with one attached hydrogen (secondary N) is 1. The van der Waals surface area contributed by atoms with Gasteiger partial charge in [0.2, 0.25) is 0 Å². The summed E-state index contributed by atoms with van der Waals surface area (Å²) in [5.74, 6) is 2.19. The van der Waals surface area contributed by atoms with Crippen LogP contribution in [-0.2, 0) is 18.6 Å². The highest BCUT2D eigenvalue weighted by atomic mass is 16.5. The van der Waals surface area contributed by atoms with E-state index >= 15 is 0 Å². The van der Waals surface area contributed by atoms with Crippen molar-refractivity contribution in [1.29, 1.82) is 0 Å². The van der Waals surface area contributed by atoms with Crippen molar-refractivity contribution in [2.45, 2.75) is 46.3 Å². The Balaban J connectivity index is 1.74. The molecular weight excluding hydrogens is 414 g/mol. The van der Waals surface area contributed by atoms with Gasteiger partial charge in [0.1, 0.15) is 23.9 Å². The van der Waals surface area contributed by atoms with Crippen LogP contribution < -0.4 is 19.5 Å². The minimum atomic E-state index is -0.148. The van der Waals surface area contributed by atoms with E-state index in [9.17, 15) is 4.79 Å². The molecule has 0 aliphatic heterocycles. The summed E-state index contributed by atoms with van der Waals surface area (Å²) >= 11 is 0. The van der Waals surface area contributed by atoms with E-state index in [0.29, 0.717) is 25.3 Å². The Morgan fingerprint density at radius 2 is 1.64 bits per heavy atom. The summed E-state index contributed by atoms with van der Waals surface area (Å²) in [6.45, 7) is 9.70. The first-order valence-electron chi connectivity index (χ1n) is 11.2. The maximum Gasteiger partial charge on any atom is 0.251 e. The van der Waals surface area contributed by atoms with Gasteiger partial charge in [-0.05, 0) is 59.9 Å². The lowest BCUT2D eigenvalue weighted by molar-refractivity contribution is 0.0950. The van der Waals surface area contributed by atoms with Crippen LogP contribution in [-0.4, -0.2) is 19.6 Å². The number of hydrogen-bond donors (Lipinski definition) is 1. The Morgan fingerprint density at radius 3 is 2.30 bits per heavy atom. The van der Waals surface area contributed by atoms with Gasteiger partial charge in [0, 0.05) is 17.7 Å². The predicted molar refractivity (Wildman–Crippen MR) is 131 cm³/mol. The second-order valence-electron chi connectivity index (χ2n) is 8.82. The van der Waals surface area contributed by atoms with Crippen LogP contribution in [0, 0.1) is 0 Å². The van der Waals surface area contributed by atoms with E-state index in [4.69, 9.17) is 14.2 Å². The van der Waals surface area contributed by atoms with Gasteiger partial charge < -0.3 is 19.5 Å². The lowest BCUT2D eigenvalue weighted by Crippen LogP contribution is -2.23. The maximum atomic E-state index is 12.8. The number of amides is 1. The van der Waals surface area contributed by atoms with Gasteiger partial charge in [0.05, 0.1) is 13.7 Å². The molecule has 1 amide bonds. The van der Waals surface area contributed by atoms with Crippen LogP contribution in [0.3, 0.4) is 0 Å². The molecule has 0 heterocycles. The number of ether oxygens (including phenoxy) is 3. The second-order valence-corrected chi connectivity index (χ2v) is 8.82. The van der Waals surface area contributed by atoms with Crippen molar-refractivity contribution in [3.8, 4) is 17.2 Å². The molecule has 3 aromatic rings. The van der Waals surface area contributed by atoms with Gasteiger partial charge >= 0.3 is 0 Å². The number of carbonyl (C=O) groups excluding carboxylic acids is 1. The summed E-state index contributed by atoms with van der Waals surface area (Å²) in [4.78, 5) is 12.8. The van der Waals surface area contributed by atoms with E-state index in [1.54, 1.807) is 13.2 Å². The molecule has 0 aliphatic carbocycles. The Hall–Kier alpha value is -3.47. The van der Waals surface area contributed by atoms with Crippen LogP contribution in [0.1, 0.15) is 54.7 Å². The second kappa shape index (κ2) is 10.9. The standard InChI is InChI=1S/C28H33NO4/c1-6-32-25-16-13-21(27(30)29-18-20-11-14-23(31-5)15-12-20)17-22(25)19-33-26-10-8-7-9-24(26)28(2,3)4/h7-17H,6,18-19H2,1-5H3,(H,29,30). The van der Waals surface area contributed by atoms with Gasteiger partial charge in [0.25, 0.3) is 5.91 Å². The Bertz CT molecular complexity index is 1070. The molecule has 174 valence electrons. The molecule has 5 heteroatoms. The highest BCUT2D eigenvalue weighted by Gasteiger charge is 2.19. The van der Waals surface area contributed by atoms with Gasteiger partial charge in [0.15, 0.2) is 0 Å². The zero-order chi connectivity index (χ0) is 23.8. The van der Waals surface area contributed by atoms with Crippen molar-refractivity contribution in [1.82, 2.24) is 5.32 Å². The lowest BCUT2D eigenvalue weighted by Gasteiger charge is -2.23. The van der Waals surface area contributed by atoms with Crippen LogP contribution in [0.4, 0.5) is 0 Å². The molecule has 0 bridgehead atoms. The fourth-order valence-corrected chi connectivity index (χ4v) is 3.53. The first-order valence-corrected chi connectivity index (χ1v) is 11.2. The molecule has 0 saturated carbocycles. The SMILES string of the molecule is CCOc1ccc(C(=O)NCc2ccc(OC)cc2)cc1COc1ccccc1C(C)(C)C. The molecule has 0 saturated heterocycles. The highest BCUT2D eigenvalue weighted by molar-refractivity contribution is 5.94. The number of carbonyl (C=O) groups is 1. The lowest BCUT2D eigenvalue weighted by atomic mass is 9.86. The zero-order valence-electron chi connectivity index (χ0n) is 20.1. The largest absolute Gasteiger partial charge is 0.497 e. The van der Waals surface area contributed by atoms with Crippen LogP contribution in [0.25, 0.3) is 0 Å². The molecule has 0 fully saturated rings. The van der Waals surface area contributed by atoms with Gasteiger partial charge in [-0.1, -0.05) is 51.1 Å². The Labute approximate surface area is 196 Å². The molecule has 0 atom stereocenters. The minimum Gasteiger partial charge on any atom is -0.497 e. The molecule has 0 radical (unpaired) electrons. The van der Waals surface area contributed by atoms with Gasteiger partial charge in [-0.3, -0.25) is 4.79 Å². The Kier molecular flexibility index (Phi) is 7.99. The molecule has 33 heavy (non-hydrogen) atoms. The van der Waals surface area contributed by atoms with Crippen molar-refractivity contribution < 1.29 is 19.0 Å². The van der Waals surface area contributed by atoms with E-state index in [0.717, 1.165) is 33.9 Å². The van der Waals surface area contributed by atoms with Gasteiger partial charge in [-0.15, -0.1) is 0 Å². The van der Waals surface area contributed by atoms with Crippen LogP contribution in [0.15, 0.2) is 66.7 Å². The fourth-order valence-electron chi connectivity index (χ4n) is 3.53.